The third-order valence-corrected chi connectivity index (χ3v) is 5.64. The van der Waals surface area contributed by atoms with Crippen LogP contribution in [-0.2, 0) is 4.79 Å². The normalized spacial score (nSPS) is 16.4. The van der Waals surface area contributed by atoms with Crippen LogP contribution in [0.3, 0.4) is 0 Å². The lowest BCUT2D eigenvalue weighted by Gasteiger charge is -2.23. The fourth-order valence-corrected chi connectivity index (χ4v) is 3.63. The fraction of sp³-hybridized carbons (Fsp3) is 0.708. The molecule has 0 unspecified atom stereocenters. The van der Waals surface area contributed by atoms with Crippen LogP contribution in [0.5, 0.6) is 0 Å². The zero-order chi connectivity index (χ0) is 22.2. The highest BCUT2D eigenvalue weighted by Gasteiger charge is 2.12. The van der Waals surface area contributed by atoms with Crippen molar-refractivity contribution in [3.05, 3.63) is 23.4 Å². The molecular weight excluding hydrogens is 374 g/mol. The lowest BCUT2D eigenvalue weighted by Crippen LogP contribution is -2.41. The van der Waals surface area contributed by atoms with Crippen molar-refractivity contribution >= 4 is 18.8 Å². The van der Waals surface area contributed by atoms with Crippen LogP contribution in [0.1, 0.15) is 52.4 Å². The number of nitrogens with zero attached hydrogens (tertiary/aromatic N) is 4. The van der Waals surface area contributed by atoms with Gasteiger partial charge in [0, 0.05) is 38.9 Å². The summed E-state index contributed by atoms with van der Waals surface area (Å²) < 4.78 is 0. The van der Waals surface area contributed by atoms with E-state index in [-0.39, 0.29) is 5.91 Å². The minimum Gasteiger partial charge on any atom is -0.341 e. The highest BCUT2D eigenvalue weighted by Crippen LogP contribution is 2.26. The van der Waals surface area contributed by atoms with Crippen molar-refractivity contribution in [1.82, 2.24) is 15.1 Å². The van der Waals surface area contributed by atoms with Gasteiger partial charge in [-0.05, 0) is 58.6 Å². The molecule has 6 nitrogen and oxygen atoms in total. The summed E-state index contributed by atoms with van der Waals surface area (Å²) >= 11 is 0. The second-order valence-corrected chi connectivity index (χ2v) is 8.29. The van der Waals surface area contributed by atoms with Gasteiger partial charge in [-0.25, -0.2) is 0 Å². The van der Waals surface area contributed by atoms with Gasteiger partial charge in [-0.15, -0.1) is 0 Å². The predicted molar refractivity (Wildman–Crippen MR) is 130 cm³/mol. The minimum atomic E-state index is 0.110. The topological polar surface area (TPSA) is 60.3 Å². The van der Waals surface area contributed by atoms with Crippen LogP contribution in [0.15, 0.2) is 33.4 Å². The number of carbonyl (C=O) groups excluding carboxylic acids is 1. The van der Waals surface area contributed by atoms with E-state index in [4.69, 9.17) is 0 Å². The third-order valence-electron chi connectivity index (χ3n) is 5.64. The summed E-state index contributed by atoms with van der Waals surface area (Å²) in [6, 6.07) is 0. The molecule has 0 aromatic carbocycles. The molecule has 1 aliphatic carbocycles. The Morgan fingerprint density at radius 3 is 2.50 bits per heavy atom. The molecule has 0 aromatic heterocycles. The maximum absolute atomic E-state index is 12.4. The Balaban J connectivity index is 2.43. The number of nitrogens with one attached hydrogen (secondary N) is 1. The first-order chi connectivity index (χ1) is 14.5. The Morgan fingerprint density at radius 2 is 1.90 bits per heavy atom. The lowest BCUT2D eigenvalue weighted by atomic mass is 9.87. The predicted octanol–water partition coefficient (Wildman–Crippen LogP) is 3.56. The number of amides is 1. The van der Waals surface area contributed by atoms with Gasteiger partial charge in [0.25, 0.3) is 0 Å². The van der Waals surface area contributed by atoms with Crippen LogP contribution in [-0.4, -0.2) is 82.0 Å². The van der Waals surface area contributed by atoms with Gasteiger partial charge < -0.3 is 15.1 Å². The minimum absolute atomic E-state index is 0.110. The van der Waals surface area contributed by atoms with E-state index >= 15 is 0 Å². The number of hydrogen-bond acceptors (Lipinski definition) is 5. The van der Waals surface area contributed by atoms with Gasteiger partial charge in [0.1, 0.15) is 0 Å². The average Bonchev–Trinajstić information content (AvgIpc) is 2.75. The van der Waals surface area contributed by atoms with Crippen LogP contribution in [0, 0.1) is 5.92 Å². The zero-order valence-corrected chi connectivity index (χ0v) is 19.7. The van der Waals surface area contributed by atoms with Crippen molar-refractivity contribution in [2.45, 2.75) is 52.4 Å². The quantitative estimate of drug-likeness (QED) is 0.347. The summed E-state index contributed by atoms with van der Waals surface area (Å²) in [5.74, 6) is 0.964. The van der Waals surface area contributed by atoms with Gasteiger partial charge in [-0.1, -0.05) is 38.2 Å². The monoisotopic (exact) mass is 417 g/mol. The summed E-state index contributed by atoms with van der Waals surface area (Å²) in [7, 11) is 4.03. The van der Waals surface area contributed by atoms with Gasteiger partial charge >= 0.3 is 0 Å². The number of likely N-dealkylation sites (N-methyl/N-ethyl adjacent to an activating group) is 2. The molecule has 1 rings (SSSR count). The number of allylic oxidation sites excluding steroid dienone is 3. The van der Waals surface area contributed by atoms with Crippen LogP contribution < -0.4 is 5.32 Å². The highest BCUT2D eigenvalue weighted by molar-refractivity contribution is 5.82. The van der Waals surface area contributed by atoms with Crippen LogP contribution in [0.4, 0.5) is 0 Å². The Bertz CT molecular complexity index is 588. The fourth-order valence-electron chi connectivity index (χ4n) is 3.63. The van der Waals surface area contributed by atoms with Crippen LogP contribution >= 0.6 is 0 Å². The second-order valence-electron chi connectivity index (χ2n) is 8.29. The first-order valence-electron chi connectivity index (χ1n) is 11.5. The SMILES string of the molecule is C=N\C(=C/C(/C=N/CCC1CCCCC1)=C\C)CNCC(=O)N(CC)CCN(C)C. The van der Waals surface area contributed by atoms with Crippen LogP contribution in [0.2, 0.25) is 0 Å². The van der Waals surface area contributed by atoms with Crippen molar-refractivity contribution in [1.29, 1.82) is 0 Å². The first-order valence-corrected chi connectivity index (χ1v) is 11.5. The smallest absolute Gasteiger partial charge is 0.236 e. The largest absolute Gasteiger partial charge is 0.341 e. The second kappa shape index (κ2) is 16.0. The molecule has 0 aromatic rings. The number of hydrogen-bond donors (Lipinski definition) is 1. The summed E-state index contributed by atoms with van der Waals surface area (Å²) in [5, 5.41) is 3.20. The van der Waals surface area contributed by atoms with Gasteiger partial charge in [-0.3, -0.25) is 14.8 Å². The molecule has 0 aliphatic heterocycles. The van der Waals surface area contributed by atoms with Crippen molar-refractivity contribution in [2.24, 2.45) is 15.9 Å². The molecule has 6 heteroatoms. The average molecular weight is 418 g/mol. The standard InChI is InChI=1S/C24H43N5O/c1-6-21(18-26-14-13-22-11-9-8-10-12-22)17-23(25-3)19-27-20-24(30)29(7-2)16-15-28(4)5/h6,17-18,22,27H,3,7-16,19-20H2,1-2,4-5H3/b21-6+,23-17-,26-18+. The maximum atomic E-state index is 12.4. The molecule has 1 saturated carbocycles. The Labute approximate surface area is 184 Å². The molecule has 0 spiro atoms. The number of carbonyl (C=O) groups is 1. The molecule has 0 saturated heterocycles. The summed E-state index contributed by atoms with van der Waals surface area (Å²) in [5.41, 5.74) is 1.83. The van der Waals surface area contributed by atoms with Gasteiger partial charge in [0.15, 0.2) is 0 Å². The molecular formula is C24H43N5O. The molecule has 0 atom stereocenters. The Kier molecular flexibility index (Phi) is 14.0. The number of aliphatic imine (C=N–C) groups is 2. The maximum Gasteiger partial charge on any atom is 0.236 e. The summed E-state index contributed by atoms with van der Waals surface area (Å²) in [6.07, 6.45) is 14.0. The molecule has 1 N–H and O–H groups in total. The van der Waals surface area contributed by atoms with Gasteiger partial charge in [-0.2, -0.15) is 0 Å². The number of rotatable bonds is 14. The lowest BCUT2D eigenvalue weighted by molar-refractivity contribution is -0.130. The summed E-state index contributed by atoms with van der Waals surface area (Å²) in [4.78, 5) is 25.1. The van der Waals surface area contributed by atoms with Gasteiger partial charge in [0.2, 0.25) is 5.91 Å². The van der Waals surface area contributed by atoms with Gasteiger partial charge in [0.05, 0.1) is 12.2 Å². The Morgan fingerprint density at radius 1 is 1.17 bits per heavy atom. The molecule has 1 fully saturated rings. The van der Waals surface area contributed by atoms with E-state index in [0.29, 0.717) is 13.1 Å². The van der Waals surface area contributed by atoms with Crippen molar-refractivity contribution in [3.8, 4) is 0 Å². The molecule has 0 heterocycles. The Hall–Kier alpha value is -1.79. The molecule has 0 radical (unpaired) electrons. The first kappa shape index (κ1) is 26.2. The van der Waals surface area contributed by atoms with Crippen molar-refractivity contribution in [2.75, 3.05) is 53.4 Å². The van der Waals surface area contributed by atoms with Crippen molar-refractivity contribution < 1.29 is 4.79 Å². The highest BCUT2D eigenvalue weighted by atomic mass is 16.2. The van der Waals surface area contributed by atoms with E-state index < -0.39 is 0 Å². The molecule has 30 heavy (non-hydrogen) atoms. The van der Waals surface area contributed by atoms with E-state index in [1.165, 1.54) is 38.5 Å². The van der Waals surface area contributed by atoms with Crippen LogP contribution in [0.25, 0.3) is 0 Å². The van der Waals surface area contributed by atoms with E-state index in [2.05, 4.69) is 26.9 Å². The zero-order valence-electron chi connectivity index (χ0n) is 19.7. The van der Waals surface area contributed by atoms with Crippen molar-refractivity contribution in [3.63, 3.8) is 0 Å². The van der Waals surface area contributed by atoms with E-state index in [1.54, 1.807) is 0 Å². The molecule has 0 bridgehead atoms. The molecule has 170 valence electrons. The molecule has 1 aliphatic rings. The molecule has 1 amide bonds. The third kappa shape index (κ3) is 11.4. The van der Waals surface area contributed by atoms with E-state index in [9.17, 15) is 4.79 Å². The van der Waals surface area contributed by atoms with E-state index in [0.717, 1.165) is 43.4 Å². The van der Waals surface area contributed by atoms with E-state index in [1.807, 2.05) is 51.2 Å². The summed E-state index contributed by atoms with van der Waals surface area (Å²) in [6.45, 7) is 11.7.